The Morgan fingerprint density at radius 3 is 2.04 bits per heavy atom. The summed E-state index contributed by atoms with van der Waals surface area (Å²) in [5.74, 6) is 0.643. The summed E-state index contributed by atoms with van der Waals surface area (Å²) in [6.45, 7) is 6.70. The molecule has 0 unspecified atom stereocenters. The molecule has 0 radical (unpaired) electrons. The van der Waals surface area contributed by atoms with Crippen LogP contribution in [0.1, 0.15) is 27.2 Å². The number of nitrogens with one attached hydrogen (secondary N) is 1. The van der Waals surface area contributed by atoms with Crippen LogP contribution in [0.25, 0.3) is 0 Å². The van der Waals surface area contributed by atoms with Crippen LogP contribution in [0.15, 0.2) is 29.2 Å². The van der Waals surface area contributed by atoms with Gasteiger partial charge < -0.3 is 0 Å². The molecule has 1 aliphatic rings. The van der Waals surface area contributed by atoms with Gasteiger partial charge in [-0.2, -0.15) is 4.31 Å². The second-order valence-corrected chi connectivity index (χ2v) is 10.2. The zero-order chi connectivity index (χ0) is 17.3. The van der Waals surface area contributed by atoms with Gasteiger partial charge in [0, 0.05) is 18.8 Å². The first-order valence-corrected chi connectivity index (χ1v) is 10.8. The van der Waals surface area contributed by atoms with E-state index in [9.17, 15) is 16.8 Å². The van der Waals surface area contributed by atoms with Crippen LogP contribution in [0, 0.1) is 11.8 Å². The molecule has 1 heterocycles. The molecule has 6 nitrogen and oxygen atoms in total. The van der Waals surface area contributed by atoms with Crippen LogP contribution < -0.4 is 4.72 Å². The second-order valence-electron chi connectivity index (χ2n) is 6.30. The minimum Gasteiger partial charge on any atom is -0.284 e. The van der Waals surface area contributed by atoms with Gasteiger partial charge in [0.05, 0.1) is 10.6 Å². The summed E-state index contributed by atoms with van der Waals surface area (Å²) < 4.78 is 52.4. The maximum atomic E-state index is 12.7. The van der Waals surface area contributed by atoms with E-state index < -0.39 is 20.0 Å². The zero-order valence-electron chi connectivity index (χ0n) is 13.7. The van der Waals surface area contributed by atoms with Gasteiger partial charge in [-0.05, 0) is 49.4 Å². The van der Waals surface area contributed by atoms with Crippen molar-refractivity contribution >= 4 is 25.7 Å². The van der Waals surface area contributed by atoms with Gasteiger partial charge in [0.2, 0.25) is 20.0 Å². The van der Waals surface area contributed by atoms with Gasteiger partial charge in [0.25, 0.3) is 0 Å². The van der Waals surface area contributed by atoms with Crippen LogP contribution >= 0.6 is 0 Å². The number of benzene rings is 1. The first-order chi connectivity index (χ1) is 10.6. The standard InChI is InChI=1S/C15H24N2O4S2/c1-4-22(18,19)16-14-5-7-15(8-6-14)23(20,21)17-10-12(2)9-13(3)11-17/h5-8,12-13,16H,4,9-11H2,1-3H3/t12-,13-/m1/s1. The predicted molar refractivity (Wildman–Crippen MR) is 91.2 cm³/mol. The van der Waals surface area contributed by atoms with E-state index in [0.717, 1.165) is 6.42 Å². The van der Waals surface area contributed by atoms with Gasteiger partial charge in [-0.3, -0.25) is 4.72 Å². The van der Waals surface area contributed by atoms with Crippen molar-refractivity contribution < 1.29 is 16.8 Å². The van der Waals surface area contributed by atoms with E-state index in [4.69, 9.17) is 0 Å². The molecule has 8 heteroatoms. The van der Waals surface area contributed by atoms with E-state index in [1.54, 1.807) is 6.92 Å². The highest BCUT2D eigenvalue weighted by Gasteiger charge is 2.31. The van der Waals surface area contributed by atoms with Gasteiger partial charge in [-0.1, -0.05) is 13.8 Å². The van der Waals surface area contributed by atoms with E-state index in [1.165, 1.54) is 28.6 Å². The van der Waals surface area contributed by atoms with Gasteiger partial charge in [-0.15, -0.1) is 0 Å². The van der Waals surface area contributed by atoms with E-state index in [0.29, 0.717) is 30.6 Å². The van der Waals surface area contributed by atoms with Crippen LogP contribution in [0.3, 0.4) is 0 Å². The third-order valence-corrected chi connectivity index (χ3v) is 7.13. The van der Waals surface area contributed by atoms with Gasteiger partial charge >= 0.3 is 0 Å². The van der Waals surface area contributed by atoms with Gasteiger partial charge in [0.15, 0.2) is 0 Å². The van der Waals surface area contributed by atoms with Crippen LogP contribution in [0.4, 0.5) is 5.69 Å². The fourth-order valence-corrected chi connectivity index (χ4v) is 5.22. The summed E-state index contributed by atoms with van der Waals surface area (Å²) in [6, 6.07) is 5.87. The number of piperidine rings is 1. The fraction of sp³-hybridized carbons (Fsp3) is 0.600. The van der Waals surface area contributed by atoms with E-state index >= 15 is 0 Å². The van der Waals surface area contributed by atoms with Crippen molar-refractivity contribution in [3.05, 3.63) is 24.3 Å². The zero-order valence-corrected chi connectivity index (χ0v) is 15.3. The number of sulfonamides is 2. The molecule has 0 spiro atoms. The summed E-state index contributed by atoms with van der Waals surface area (Å²) in [4.78, 5) is 0.193. The fourth-order valence-electron chi connectivity index (χ4n) is 2.90. The average molecular weight is 361 g/mol. The van der Waals surface area contributed by atoms with Crippen molar-refractivity contribution in [3.8, 4) is 0 Å². The van der Waals surface area contributed by atoms with Crippen LogP contribution in [0.5, 0.6) is 0 Å². The molecule has 2 atom stereocenters. The molecule has 1 aromatic carbocycles. The Kier molecular flexibility index (Phi) is 5.37. The lowest BCUT2D eigenvalue weighted by molar-refractivity contribution is 0.222. The Morgan fingerprint density at radius 2 is 1.57 bits per heavy atom. The molecular formula is C15H24N2O4S2. The summed E-state index contributed by atoms with van der Waals surface area (Å²) in [7, 11) is -6.90. The Hall–Kier alpha value is -1.12. The molecule has 1 fully saturated rings. The molecule has 1 aliphatic heterocycles. The van der Waals surface area contributed by atoms with Crippen molar-refractivity contribution in [1.29, 1.82) is 0 Å². The van der Waals surface area contributed by atoms with Crippen molar-refractivity contribution in [1.82, 2.24) is 4.31 Å². The highest BCUT2D eigenvalue weighted by atomic mass is 32.2. The molecule has 1 saturated heterocycles. The summed E-state index contributed by atoms with van der Waals surface area (Å²) >= 11 is 0. The van der Waals surface area contributed by atoms with Crippen molar-refractivity contribution in [2.75, 3.05) is 23.6 Å². The number of nitrogens with zero attached hydrogens (tertiary/aromatic N) is 1. The molecule has 1 N–H and O–H groups in total. The van der Waals surface area contributed by atoms with Crippen LogP contribution in [0.2, 0.25) is 0 Å². The summed E-state index contributed by atoms with van der Waals surface area (Å²) in [5.41, 5.74) is 0.367. The highest BCUT2D eigenvalue weighted by Crippen LogP contribution is 2.27. The number of rotatable bonds is 5. The molecule has 1 aromatic rings. The smallest absolute Gasteiger partial charge is 0.243 e. The van der Waals surface area contributed by atoms with Gasteiger partial charge in [0.1, 0.15) is 0 Å². The van der Waals surface area contributed by atoms with E-state index in [2.05, 4.69) is 18.6 Å². The first-order valence-electron chi connectivity index (χ1n) is 7.74. The molecule has 0 bridgehead atoms. The Balaban J connectivity index is 2.21. The average Bonchev–Trinajstić information content (AvgIpc) is 2.46. The quantitative estimate of drug-likeness (QED) is 0.872. The number of hydrogen-bond donors (Lipinski definition) is 1. The first kappa shape index (κ1) is 18.2. The highest BCUT2D eigenvalue weighted by molar-refractivity contribution is 7.92. The lowest BCUT2D eigenvalue weighted by Gasteiger charge is -2.34. The van der Waals surface area contributed by atoms with Crippen LogP contribution in [-0.4, -0.2) is 40.0 Å². The molecule has 2 rings (SSSR count). The Bertz CT molecular complexity index is 732. The largest absolute Gasteiger partial charge is 0.284 e. The van der Waals surface area contributed by atoms with Crippen LogP contribution in [-0.2, 0) is 20.0 Å². The lowest BCUT2D eigenvalue weighted by atomic mass is 9.94. The van der Waals surface area contributed by atoms with Crippen molar-refractivity contribution in [2.45, 2.75) is 32.1 Å². The van der Waals surface area contributed by atoms with Crippen molar-refractivity contribution in [3.63, 3.8) is 0 Å². The number of anilines is 1. The summed E-state index contributed by atoms with van der Waals surface area (Å²) in [6.07, 6.45) is 1.03. The Morgan fingerprint density at radius 1 is 1.04 bits per heavy atom. The van der Waals surface area contributed by atoms with Crippen molar-refractivity contribution in [2.24, 2.45) is 11.8 Å². The second kappa shape index (κ2) is 6.78. The summed E-state index contributed by atoms with van der Waals surface area (Å²) in [5, 5.41) is 0. The maximum Gasteiger partial charge on any atom is 0.243 e. The minimum absolute atomic E-state index is 0.0311. The number of hydrogen-bond acceptors (Lipinski definition) is 4. The normalized spacial score (nSPS) is 23.6. The molecule has 0 aliphatic carbocycles. The van der Waals surface area contributed by atoms with Gasteiger partial charge in [-0.25, -0.2) is 16.8 Å². The molecule has 0 saturated carbocycles. The van der Waals surface area contributed by atoms with E-state index in [-0.39, 0.29) is 10.6 Å². The van der Waals surface area contributed by atoms with E-state index in [1.807, 2.05) is 0 Å². The molecule has 0 aromatic heterocycles. The maximum absolute atomic E-state index is 12.7. The molecule has 0 amide bonds. The predicted octanol–water partition coefficient (Wildman–Crippen LogP) is 2.11. The molecular weight excluding hydrogens is 336 g/mol. The SMILES string of the molecule is CCS(=O)(=O)Nc1ccc(S(=O)(=O)N2C[C@H](C)C[C@@H](C)C2)cc1. The topological polar surface area (TPSA) is 83.5 Å². The Labute approximate surface area is 139 Å². The minimum atomic E-state index is -3.54. The molecule has 23 heavy (non-hydrogen) atoms. The molecule has 130 valence electrons. The monoisotopic (exact) mass is 360 g/mol. The third-order valence-electron chi connectivity index (χ3n) is 3.98. The third kappa shape index (κ3) is 4.45. The lowest BCUT2D eigenvalue weighted by Crippen LogP contribution is -2.42.